The van der Waals surface area contributed by atoms with E-state index in [4.69, 9.17) is 4.74 Å². The minimum absolute atomic E-state index is 0.000560. The van der Waals surface area contributed by atoms with E-state index >= 15 is 0 Å². The molecule has 12 heteroatoms. The molecule has 0 saturated heterocycles. The van der Waals surface area contributed by atoms with E-state index < -0.39 is 51.0 Å². The lowest BCUT2D eigenvalue weighted by atomic mass is 9.90. The average molecular weight is 561 g/mol. The van der Waals surface area contributed by atoms with Crippen LogP contribution in [0.4, 0.5) is 27.6 Å². The van der Waals surface area contributed by atoms with E-state index in [0.717, 1.165) is 68.7 Å². The first-order chi connectivity index (χ1) is 17.7. The molecule has 0 bridgehead atoms. The highest BCUT2D eigenvalue weighted by Gasteiger charge is 2.31. The number of hydrogen-bond donors (Lipinski definition) is 2. The molecule has 1 aliphatic carbocycles. The zero-order valence-corrected chi connectivity index (χ0v) is 21.7. The number of hydrogen-bond acceptors (Lipinski definition) is 4. The maximum atomic E-state index is 14.3. The van der Waals surface area contributed by atoms with Gasteiger partial charge in [0.05, 0.1) is 24.5 Å². The van der Waals surface area contributed by atoms with Crippen LogP contribution in [-0.2, 0) is 21.0 Å². The van der Waals surface area contributed by atoms with Crippen LogP contribution in [0.1, 0.15) is 61.8 Å². The van der Waals surface area contributed by atoms with Crippen LogP contribution >= 0.6 is 0 Å². The molecular weight excluding hydrogens is 531 g/mol. The Labute approximate surface area is 218 Å². The average Bonchev–Trinajstić information content (AvgIpc) is 2.83. The molecule has 0 heterocycles. The number of benzene rings is 2. The molecule has 0 unspecified atom stereocenters. The second-order valence-corrected chi connectivity index (χ2v) is 11.1. The van der Waals surface area contributed by atoms with Crippen LogP contribution in [0, 0.1) is 17.6 Å². The van der Waals surface area contributed by atoms with E-state index in [9.17, 15) is 35.2 Å². The molecule has 1 saturated carbocycles. The van der Waals surface area contributed by atoms with Gasteiger partial charge in [0.25, 0.3) is 0 Å². The van der Waals surface area contributed by atoms with Crippen LogP contribution in [0.5, 0.6) is 5.75 Å². The molecule has 0 aromatic heterocycles. The van der Waals surface area contributed by atoms with Crippen molar-refractivity contribution in [3.05, 3.63) is 64.7 Å². The molecule has 2 aromatic carbocycles. The number of ether oxygens (including phenoxy) is 1. The van der Waals surface area contributed by atoms with Crippen molar-refractivity contribution >= 4 is 27.7 Å². The second-order valence-electron chi connectivity index (χ2n) is 9.36. The van der Waals surface area contributed by atoms with Crippen molar-refractivity contribution in [2.45, 2.75) is 51.2 Å². The van der Waals surface area contributed by atoms with Crippen LogP contribution in [0.25, 0.3) is 6.08 Å². The Bertz CT molecular complexity index is 1270. The summed E-state index contributed by atoms with van der Waals surface area (Å²) in [6.07, 6.45) is 3.68. The van der Waals surface area contributed by atoms with Gasteiger partial charge in [0, 0.05) is 11.6 Å². The second kappa shape index (κ2) is 12.1. The molecule has 1 atom stereocenters. The van der Waals surface area contributed by atoms with Gasteiger partial charge in [-0.2, -0.15) is 13.2 Å². The van der Waals surface area contributed by atoms with Gasteiger partial charge in [-0.15, -0.1) is 0 Å². The third-order valence-corrected chi connectivity index (χ3v) is 6.74. The van der Waals surface area contributed by atoms with Gasteiger partial charge in [-0.25, -0.2) is 17.2 Å². The molecule has 0 radical (unpaired) electrons. The Balaban J connectivity index is 1.73. The predicted molar refractivity (Wildman–Crippen MR) is 134 cm³/mol. The van der Waals surface area contributed by atoms with Crippen molar-refractivity contribution in [1.29, 1.82) is 0 Å². The Morgan fingerprint density at radius 2 is 1.74 bits per heavy atom. The summed E-state index contributed by atoms with van der Waals surface area (Å²) in [5, 5.41) is 2.51. The largest absolute Gasteiger partial charge is 0.493 e. The maximum absolute atomic E-state index is 14.3. The number of sulfonamides is 1. The van der Waals surface area contributed by atoms with Gasteiger partial charge in [0.1, 0.15) is 11.4 Å². The minimum Gasteiger partial charge on any atom is -0.493 e. The van der Waals surface area contributed by atoms with Crippen molar-refractivity contribution in [3.8, 4) is 5.75 Å². The summed E-state index contributed by atoms with van der Waals surface area (Å²) in [5.74, 6) is -2.74. The minimum atomic E-state index is -4.56. The smallest absolute Gasteiger partial charge is 0.416 e. The van der Waals surface area contributed by atoms with Crippen molar-refractivity contribution in [3.63, 3.8) is 0 Å². The summed E-state index contributed by atoms with van der Waals surface area (Å²) in [6.45, 7) is 1.73. The van der Waals surface area contributed by atoms with Crippen molar-refractivity contribution in [2.75, 3.05) is 17.6 Å². The fourth-order valence-corrected chi connectivity index (χ4v) is 4.74. The predicted octanol–water partition coefficient (Wildman–Crippen LogP) is 6.20. The van der Waals surface area contributed by atoms with Crippen LogP contribution in [-0.4, -0.2) is 27.2 Å². The fourth-order valence-electron chi connectivity index (χ4n) is 4.17. The number of rotatable bonds is 9. The van der Waals surface area contributed by atoms with Gasteiger partial charge in [0.2, 0.25) is 15.9 Å². The third-order valence-electron chi connectivity index (χ3n) is 6.17. The van der Waals surface area contributed by atoms with E-state index in [2.05, 4.69) is 5.32 Å². The van der Waals surface area contributed by atoms with Gasteiger partial charge < -0.3 is 10.1 Å². The number of carbonyl (C=O) groups is 1. The monoisotopic (exact) mass is 560 g/mol. The normalized spacial score (nSPS) is 15.9. The van der Waals surface area contributed by atoms with Crippen LogP contribution < -0.4 is 14.8 Å². The third kappa shape index (κ3) is 8.44. The van der Waals surface area contributed by atoms with Crippen LogP contribution in [0.15, 0.2) is 36.4 Å². The quantitative estimate of drug-likeness (QED) is 0.282. The molecule has 0 spiro atoms. The number of carbonyl (C=O) groups excluding carboxylic acids is 1. The molecule has 0 aliphatic heterocycles. The zero-order valence-electron chi connectivity index (χ0n) is 20.9. The molecule has 2 aromatic rings. The lowest BCUT2D eigenvalue weighted by Gasteiger charge is -2.22. The van der Waals surface area contributed by atoms with Crippen LogP contribution in [0.3, 0.4) is 0 Å². The molecule has 1 aliphatic rings. The van der Waals surface area contributed by atoms with E-state index in [1.165, 1.54) is 19.1 Å². The summed E-state index contributed by atoms with van der Waals surface area (Å²) >= 11 is 0. The SMILES string of the molecule is C[C@@H](NC(=O)/C=C/c1ccc(C(F)(F)F)cc1OCC1CCCCC1)c1cc(F)c(NS(C)(=O)=O)c(F)c1. The number of anilines is 1. The number of halogens is 5. The van der Waals surface area contributed by atoms with Crippen molar-refractivity contribution in [2.24, 2.45) is 5.92 Å². The van der Waals surface area contributed by atoms with E-state index in [1.807, 2.05) is 0 Å². The molecule has 6 nitrogen and oxygen atoms in total. The molecule has 208 valence electrons. The van der Waals surface area contributed by atoms with E-state index in [-0.39, 0.29) is 29.4 Å². The Hall–Kier alpha value is -3.15. The summed E-state index contributed by atoms with van der Waals surface area (Å²) < 4.78 is 98.4. The topological polar surface area (TPSA) is 84.5 Å². The first-order valence-corrected chi connectivity index (χ1v) is 13.9. The maximum Gasteiger partial charge on any atom is 0.416 e. The highest BCUT2D eigenvalue weighted by atomic mass is 32.2. The first-order valence-electron chi connectivity index (χ1n) is 12.0. The van der Waals surface area contributed by atoms with Gasteiger partial charge in [-0.3, -0.25) is 9.52 Å². The zero-order chi connectivity index (χ0) is 28.1. The van der Waals surface area contributed by atoms with Gasteiger partial charge in [-0.1, -0.05) is 25.3 Å². The number of alkyl halides is 3. The highest BCUT2D eigenvalue weighted by molar-refractivity contribution is 7.92. The molecule has 3 rings (SSSR count). The molecular formula is C26H29F5N2O4S. The lowest BCUT2D eigenvalue weighted by molar-refractivity contribution is -0.137. The fraction of sp³-hybridized carbons (Fsp3) is 0.423. The molecule has 38 heavy (non-hydrogen) atoms. The Morgan fingerprint density at radius 1 is 1.11 bits per heavy atom. The highest BCUT2D eigenvalue weighted by Crippen LogP contribution is 2.34. The summed E-state index contributed by atoms with van der Waals surface area (Å²) in [6, 6.07) is 3.91. The standard InChI is InChI=1S/C26H29F5N2O4S/c1-16(19-12-21(27)25(22(28)13-19)33-38(2,35)36)32-24(34)11-9-18-8-10-20(26(29,30)31)14-23(18)37-15-17-6-4-3-5-7-17/h8-14,16-17,33H,3-7,15H2,1-2H3,(H,32,34)/b11-9+/t16-/m1/s1. The Morgan fingerprint density at radius 3 is 2.32 bits per heavy atom. The summed E-state index contributed by atoms with van der Waals surface area (Å²) in [5.41, 5.74) is -1.40. The van der Waals surface area contributed by atoms with Crippen molar-refractivity contribution < 1.29 is 39.9 Å². The first kappa shape index (κ1) is 29.4. The Kier molecular flexibility index (Phi) is 9.40. The number of nitrogens with one attached hydrogen (secondary N) is 2. The molecule has 1 amide bonds. The van der Waals surface area contributed by atoms with Crippen LogP contribution in [0.2, 0.25) is 0 Å². The van der Waals surface area contributed by atoms with E-state index in [1.54, 1.807) is 4.72 Å². The summed E-state index contributed by atoms with van der Waals surface area (Å²) in [4.78, 5) is 12.5. The van der Waals surface area contributed by atoms with Gasteiger partial charge in [-0.05, 0) is 61.6 Å². The lowest BCUT2D eigenvalue weighted by Crippen LogP contribution is -2.25. The van der Waals surface area contributed by atoms with E-state index in [0.29, 0.717) is 0 Å². The molecule has 2 N–H and O–H groups in total. The van der Waals surface area contributed by atoms with Crippen molar-refractivity contribution in [1.82, 2.24) is 5.32 Å². The number of amides is 1. The van der Waals surface area contributed by atoms with Gasteiger partial charge in [0.15, 0.2) is 11.6 Å². The summed E-state index contributed by atoms with van der Waals surface area (Å²) in [7, 11) is -3.91. The van der Waals surface area contributed by atoms with Gasteiger partial charge >= 0.3 is 6.18 Å². The molecule has 1 fully saturated rings.